The molecule has 1 aliphatic heterocycles. The highest BCUT2D eigenvalue weighted by Crippen LogP contribution is 2.24. The Bertz CT molecular complexity index is 419. The van der Waals surface area contributed by atoms with E-state index in [0.29, 0.717) is 13.2 Å². The average molecular weight is 301 g/mol. The van der Waals surface area contributed by atoms with Gasteiger partial charge in [0.05, 0.1) is 24.5 Å². The first kappa shape index (κ1) is 12.3. The third kappa shape index (κ3) is 3.18. The molecule has 6 heteroatoms. The number of rotatable bonds is 3. The molecule has 92 valence electrons. The van der Waals surface area contributed by atoms with Crippen molar-refractivity contribution in [3.63, 3.8) is 0 Å². The van der Waals surface area contributed by atoms with E-state index in [4.69, 9.17) is 9.84 Å². The zero-order valence-electron chi connectivity index (χ0n) is 9.15. The molecule has 1 aromatic carbocycles. The van der Waals surface area contributed by atoms with Crippen molar-refractivity contribution in [1.29, 1.82) is 0 Å². The molecule has 0 spiro atoms. The molecule has 0 amide bonds. The second kappa shape index (κ2) is 5.48. The molecule has 0 aromatic heterocycles. The Kier molecular flexibility index (Phi) is 3.98. The van der Waals surface area contributed by atoms with Crippen molar-refractivity contribution in [3.05, 3.63) is 28.2 Å². The van der Waals surface area contributed by atoms with Gasteiger partial charge in [0, 0.05) is 17.6 Å². The van der Waals surface area contributed by atoms with Gasteiger partial charge in [0.25, 0.3) is 0 Å². The Hall–Kier alpha value is -1.11. The van der Waals surface area contributed by atoms with Crippen molar-refractivity contribution in [2.24, 2.45) is 0 Å². The lowest BCUT2D eigenvalue weighted by molar-refractivity contribution is 0.0496. The lowest BCUT2D eigenvalue weighted by Gasteiger charge is -2.28. The molecule has 0 atom stereocenters. The van der Waals surface area contributed by atoms with Crippen LogP contribution in [0.15, 0.2) is 22.7 Å². The average Bonchev–Trinajstić information content (AvgIpc) is 2.33. The van der Waals surface area contributed by atoms with Crippen molar-refractivity contribution in [2.75, 3.05) is 31.7 Å². The van der Waals surface area contributed by atoms with E-state index >= 15 is 0 Å². The van der Waals surface area contributed by atoms with E-state index in [2.05, 4.69) is 21.4 Å². The van der Waals surface area contributed by atoms with E-state index in [9.17, 15) is 4.79 Å². The zero-order chi connectivity index (χ0) is 12.3. The molecule has 1 heterocycles. The normalized spacial score (nSPS) is 16.8. The summed E-state index contributed by atoms with van der Waals surface area (Å²) in [5, 5.41) is 10.9. The Balaban J connectivity index is 2.08. The summed E-state index contributed by atoms with van der Waals surface area (Å²) in [6.45, 7) is 3.04. The van der Waals surface area contributed by atoms with Crippen LogP contribution in [0.3, 0.4) is 0 Å². The van der Waals surface area contributed by atoms with E-state index in [1.165, 1.54) is 0 Å². The maximum Gasteiger partial charge on any atom is 0.335 e. The van der Waals surface area contributed by atoms with Gasteiger partial charge in [-0.2, -0.15) is 0 Å². The number of hydrazine groups is 1. The zero-order valence-corrected chi connectivity index (χ0v) is 10.7. The highest BCUT2D eigenvalue weighted by atomic mass is 79.9. The lowest BCUT2D eigenvalue weighted by atomic mass is 10.2. The summed E-state index contributed by atoms with van der Waals surface area (Å²) in [5.74, 6) is -0.927. The summed E-state index contributed by atoms with van der Waals surface area (Å²) in [6.07, 6.45) is 0. The van der Waals surface area contributed by atoms with Crippen molar-refractivity contribution < 1.29 is 14.6 Å². The molecule has 2 N–H and O–H groups in total. The van der Waals surface area contributed by atoms with Crippen molar-refractivity contribution in [3.8, 4) is 0 Å². The number of nitrogens with one attached hydrogen (secondary N) is 1. The first-order valence-corrected chi connectivity index (χ1v) is 6.08. The molecule has 5 nitrogen and oxygen atoms in total. The fourth-order valence-corrected chi connectivity index (χ4v) is 2.05. The van der Waals surface area contributed by atoms with Gasteiger partial charge in [-0.3, -0.25) is 0 Å². The molecule has 0 radical (unpaired) electrons. The summed E-state index contributed by atoms with van der Waals surface area (Å²) in [7, 11) is 0. The van der Waals surface area contributed by atoms with Gasteiger partial charge in [-0.25, -0.2) is 9.80 Å². The molecule has 17 heavy (non-hydrogen) atoms. The number of nitrogens with zero attached hydrogens (tertiary/aromatic N) is 1. The maximum absolute atomic E-state index is 10.8. The smallest absolute Gasteiger partial charge is 0.335 e. The molecule has 0 bridgehead atoms. The lowest BCUT2D eigenvalue weighted by Crippen LogP contribution is -2.40. The fraction of sp³-hybridized carbons (Fsp3) is 0.364. The number of anilines is 1. The largest absolute Gasteiger partial charge is 0.478 e. The minimum Gasteiger partial charge on any atom is -0.478 e. The van der Waals surface area contributed by atoms with E-state index in [0.717, 1.165) is 23.2 Å². The minimum atomic E-state index is -0.927. The summed E-state index contributed by atoms with van der Waals surface area (Å²) in [6, 6.07) is 4.92. The predicted octanol–water partition coefficient (Wildman–Crippen LogP) is 1.81. The molecule has 1 aliphatic rings. The topological polar surface area (TPSA) is 61.8 Å². The van der Waals surface area contributed by atoms with Crippen LogP contribution in [-0.4, -0.2) is 42.4 Å². The molecular weight excluding hydrogens is 288 g/mol. The van der Waals surface area contributed by atoms with Gasteiger partial charge in [0.15, 0.2) is 0 Å². The Morgan fingerprint density at radius 2 is 2.12 bits per heavy atom. The van der Waals surface area contributed by atoms with Crippen LogP contribution in [0, 0.1) is 0 Å². The Morgan fingerprint density at radius 3 is 2.71 bits per heavy atom. The number of hydrogen-bond donors (Lipinski definition) is 2. The number of morpholine rings is 1. The molecule has 1 aromatic rings. The second-order valence-corrected chi connectivity index (χ2v) is 4.57. The number of benzene rings is 1. The van der Waals surface area contributed by atoms with Gasteiger partial charge >= 0.3 is 5.97 Å². The quantitative estimate of drug-likeness (QED) is 0.891. The highest BCUT2D eigenvalue weighted by molar-refractivity contribution is 9.10. The van der Waals surface area contributed by atoms with E-state index in [1.807, 2.05) is 5.01 Å². The van der Waals surface area contributed by atoms with Crippen LogP contribution in [0.25, 0.3) is 0 Å². The predicted molar refractivity (Wildman–Crippen MR) is 67.1 cm³/mol. The number of halogens is 1. The summed E-state index contributed by atoms with van der Waals surface area (Å²) in [4.78, 5) is 10.8. The van der Waals surface area contributed by atoms with Crippen LogP contribution in [0.1, 0.15) is 10.4 Å². The molecule has 2 rings (SSSR count). The summed E-state index contributed by atoms with van der Waals surface area (Å²) >= 11 is 3.36. The van der Waals surface area contributed by atoms with Gasteiger partial charge in [-0.1, -0.05) is 0 Å². The monoisotopic (exact) mass is 300 g/mol. The van der Waals surface area contributed by atoms with E-state index in [-0.39, 0.29) is 5.56 Å². The van der Waals surface area contributed by atoms with Crippen LogP contribution in [0.2, 0.25) is 0 Å². The standard InChI is InChI=1S/C11H13BrN2O3/c12-9-7-8(11(15)16)1-2-10(9)13-14-3-5-17-6-4-14/h1-2,7,13H,3-6H2,(H,15,16). The van der Waals surface area contributed by atoms with E-state index in [1.54, 1.807) is 18.2 Å². The molecule has 0 saturated carbocycles. The van der Waals surface area contributed by atoms with Crippen LogP contribution < -0.4 is 5.43 Å². The van der Waals surface area contributed by atoms with Crippen LogP contribution in [0.5, 0.6) is 0 Å². The van der Waals surface area contributed by atoms with Gasteiger partial charge < -0.3 is 15.3 Å². The number of aromatic carboxylic acids is 1. The van der Waals surface area contributed by atoms with Gasteiger partial charge in [0.2, 0.25) is 0 Å². The first-order chi connectivity index (χ1) is 8.16. The minimum absolute atomic E-state index is 0.268. The SMILES string of the molecule is O=C(O)c1ccc(NN2CCOCC2)c(Br)c1. The summed E-state index contributed by atoms with van der Waals surface area (Å²) < 4.78 is 5.99. The molecule has 1 saturated heterocycles. The molecule has 0 unspecified atom stereocenters. The third-order valence-corrected chi connectivity index (χ3v) is 3.16. The number of hydrogen-bond acceptors (Lipinski definition) is 4. The number of carboxylic acid groups (broad SMARTS) is 1. The Morgan fingerprint density at radius 1 is 1.41 bits per heavy atom. The summed E-state index contributed by atoms with van der Waals surface area (Å²) in [5.41, 5.74) is 4.36. The van der Waals surface area contributed by atoms with Crippen molar-refractivity contribution in [1.82, 2.24) is 5.01 Å². The van der Waals surface area contributed by atoms with Crippen LogP contribution >= 0.6 is 15.9 Å². The first-order valence-electron chi connectivity index (χ1n) is 5.29. The van der Waals surface area contributed by atoms with Gasteiger partial charge in [-0.05, 0) is 34.1 Å². The maximum atomic E-state index is 10.8. The van der Waals surface area contributed by atoms with Crippen molar-refractivity contribution >= 4 is 27.6 Å². The van der Waals surface area contributed by atoms with Crippen molar-refractivity contribution in [2.45, 2.75) is 0 Å². The molecule has 1 fully saturated rings. The highest BCUT2D eigenvalue weighted by Gasteiger charge is 2.12. The Labute approximate surface area is 107 Å². The van der Waals surface area contributed by atoms with Gasteiger partial charge in [0.1, 0.15) is 0 Å². The fourth-order valence-electron chi connectivity index (χ4n) is 1.58. The van der Waals surface area contributed by atoms with E-state index < -0.39 is 5.97 Å². The molecule has 0 aliphatic carbocycles. The number of carbonyl (C=O) groups is 1. The third-order valence-electron chi connectivity index (χ3n) is 2.51. The van der Waals surface area contributed by atoms with Gasteiger partial charge in [-0.15, -0.1) is 0 Å². The van der Waals surface area contributed by atoms with Crippen LogP contribution in [-0.2, 0) is 4.74 Å². The molecular formula is C11H13BrN2O3. The number of carboxylic acids is 1. The number of ether oxygens (including phenoxy) is 1. The second-order valence-electron chi connectivity index (χ2n) is 3.71. The van der Waals surface area contributed by atoms with Crippen LogP contribution in [0.4, 0.5) is 5.69 Å².